The summed E-state index contributed by atoms with van der Waals surface area (Å²) in [4.78, 5) is 11.2. The molecule has 16 heavy (non-hydrogen) atoms. The minimum absolute atomic E-state index is 0.139. The van der Waals surface area contributed by atoms with Crippen LogP contribution in [-0.4, -0.2) is 24.3 Å². The lowest BCUT2D eigenvalue weighted by molar-refractivity contribution is -0.142. The van der Waals surface area contributed by atoms with E-state index in [1.807, 2.05) is 0 Å². The van der Waals surface area contributed by atoms with Crippen molar-refractivity contribution in [3.8, 4) is 0 Å². The van der Waals surface area contributed by atoms with Gasteiger partial charge in [0.2, 0.25) is 0 Å². The van der Waals surface area contributed by atoms with Crippen molar-refractivity contribution in [3.05, 3.63) is 0 Å². The molecular weight excluding hydrogens is 204 g/mol. The fourth-order valence-electron chi connectivity index (χ4n) is 2.74. The number of unbranched alkanes of at least 4 members (excludes halogenated alkanes) is 2. The van der Waals surface area contributed by atoms with E-state index in [1.165, 1.54) is 20.0 Å². The minimum atomic E-state index is -0.202. The third kappa shape index (κ3) is 3.78. The van der Waals surface area contributed by atoms with Crippen LogP contribution < -0.4 is 0 Å². The standard InChI is InChI=1S/C13H24O3/c1-3-4-5-6-11-10(7-8-12(11)14)9-13(15)16-2/h10-12,14H,3-9H2,1-2H3/t10-,11-,12-/m1/s1. The van der Waals surface area contributed by atoms with Crippen LogP contribution in [0.5, 0.6) is 0 Å². The molecule has 94 valence electrons. The Morgan fingerprint density at radius 2 is 2.12 bits per heavy atom. The number of aliphatic hydroxyl groups is 1. The summed E-state index contributed by atoms with van der Waals surface area (Å²) in [7, 11) is 1.43. The molecule has 1 fully saturated rings. The number of ether oxygens (including phenoxy) is 1. The molecule has 1 saturated carbocycles. The van der Waals surface area contributed by atoms with E-state index in [-0.39, 0.29) is 12.1 Å². The third-order valence-electron chi connectivity index (χ3n) is 3.73. The van der Waals surface area contributed by atoms with Crippen LogP contribution in [0.4, 0.5) is 0 Å². The van der Waals surface area contributed by atoms with Gasteiger partial charge >= 0.3 is 5.97 Å². The van der Waals surface area contributed by atoms with Crippen molar-refractivity contribution in [3.63, 3.8) is 0 Å². The van der Waals surface area contributed by atoms with E-state index in [1.54, 1.807) is 0 Å². The molecule has 3 nitrogen and oxygen atoms in total. The van der Waals surface area contributed by atoms with Gasteiger partial charge in [-0.1, -0.05) is 26.2 Å². The lowest BCUT2D eigenvalue weighted by atomic mass is 9.87. The highest BCUT2D eigenvalue weighted by Crippen LogP contribution is 2.37. The molecule has 3 heteroatoms. The minimum Gasteiger partial charge on any atom is -0.469 e. The highest BCUT2D eigenvalue weighted by Gasteiger charge is 2.35. The predicted molar refractivity (Wildman–Crippen MR) is 63.0 cm³/mol. The van der Waals surface area contributed by atoms with Gasteiger partial charge in [-0.2, -0.15) is 0 Å². The molecule has 0 aromatic heterocycles. The lowest BCUT2D eigenvalue weighted by Crippen LogP contribution is -2.21. The smallest absolute Gasteiger partial charge is 0.305 e. The van der Waals surface area contributed by atoms with E-state index in [9.17, 15) is 9.90 Å². The molecule has 0 aromatic rings. The number of hydrogen-bond acceptors (Lipinski definition) is 3. The topological polar surface area (TPSA) is 46.5 Å². The zero-order valence-electron chi connectivity index (χ0n) is 10.4. The summed E-state index contributed by atoms with van der Waals surface area (Å²) < 4.78 is 4.70. The van der Waals surface area contributed by atoms with E-state index in [2.05, 4.69) is 6.92 Å². The normalized spacial score (nSPS) is 29.3. The van der Waals surface area contributed by atoms with Crippen molar-refractivity contribution >= 4 is 5.97 Å². The number of carbonyl (C=O) groups is 1. The van der Waals surface area contributed by atoms with Crippen LogP contribution in [0.3, 0.4) is 0 Å². The van der Waals surface area contributed by atoms with Crippen molar-refractivity contribution in [1.29, 1.82) is 0 Å². The van der Waals surface area contributed by atoms with E-state index >= 15 is 0 Å². The van der Waals surface area contributed by atoms with Gasteiger partial charge in [0.25, 0.3) is 0 Å². The zero-order valence-corrected chi connectivity index (χ0v) is 10.4. The number of carbonyl (C=O) groups excluding carboxylic acids is 1. The summed E-state index contributed by atoms with van der Waals surface area (Å²) in [6, 6.07) is 0. The van der Waals surface area contributed by atoms with E-state index < -0.39 is 0 Å². The molecule has 3 atom stereocenters. The first-order valence-corrected chi connectivity index (χ1v) is 6.44. The molecule has 1 N–H and O–H groups in total. The molecule has 0 bridgehead atoms. The highest BCUT2D eigenvalue weighted by molar-refractivity contribution is 5.69. The first kappa shape index (κ1) is 13.5. The summed E-state index contributed by atoms with van der Waals surface area (Å²) in [5, 5.41) is 9.89. The monoisotopic (exact) mass is 228 g/mol. The van der Waals surface area contributed by atoms with Gasteiger partial charge in [-0.25, -0.2) is 0 Å². The second-order valence-electron chi connectivity index (χ2n) is 4.84. The molecule has 0 amide bonds. The van der Waals surface area contributed by atoms with Gasteiger partial charge in [0.1, 0.15) is 0 Å². The van der Waals surface area contributed by atoms with E-state index in [0.29, 0.717) is 18.3 Å². The molecule has 0 spiro atoms. The van der Waals surface area contributed by atoms with Gasteiger partial charge < -0.3 is 9.84 Å². The summed E-state index contributed by atoms with van der Waals surface area (Å²) in [6.45, 7) is 2.18. The second-order valence-corrected chi connectivity index (χ2v) is 4.84. The fraction of sp³-hybridized carbons (Fsp3) is 0.923. The molecule has 0 unspecified atom stereocenters. The van der Waals surface area contributed by atoms with Gasteiger partial charge in [0, 0.05) is 6.42 Å². The van der Waals surface area contributed by atoms with Gasteiger partial charge in [-0.15, -0.1) is 0 Å². The summed E-state index contributed by atoms with van der Waals surface area (Å²) in [5.41, 5.74) is 0. The number of aliphatic hydroxyl groups excluding tert-OH is 1. The zero-order chi connectivity index (χ0) is 12.0. The Morgan fingerprint density at radius 1 is 1.38 bits per heavy atom. The Labute approximate surface area is 98.2 Å². The van der Waals surface area contributed by atoms with Crippen molar-refractivity contribution in [2.75, 3.05) is 7.11 Å². The van der Waals surface area contributed by atoms with Gasteiger partial charge in [-0.3, -0.25) is 4.79 Å². The molecule has 0 radical (unpaired) electrons. The molecular formula is C13H24O3. The Bertz CT molecular complexity index is 215. The van der Waals surface area contributed by atoms with E-state index in [0.717, 1.165) is 25.7 Å². The maximum atomic E-state index is 11.2. The third-order valence-corrected chi connectivity index (χ3v) is 3.73. The molecule has 1 aliphatic rings. The Morgan fingerprint density at radius 3 is 2.75 bits per heavy atom. The Kier molecular flexibility index (Phi) is 5.81. The van der Waals surface area contributed by atoms with Crippen LogP contribution in [-0.2, 0) is 9.53 Å². The SMILES string of the molecule is CCCCC[C@@H]1[C@@H](CC(=O)OC)CC[C@H]1O. The number of esters is 1. The Balaban J connectivity index is 2.39. The van der Waals surface area contributed by atoms with Crippen LogP contribution in [0.2, 0.25) is 0 Å². The highest BCUT2D eigenvalue weighted by atomic mass is 16.5. The first-order chi connectivity index (χ1) is 7.69. The van der Waals surface area contributed by atoms with Gasteiger partial charge in [-0.05, 0) is 31.1 Å². The molecule has 0 saturated heterocycles. The second kappa shape index (κ2) is 6.89. The Hall–Kier alpha value is -0.570. The summed E-state index contributed by atoms with van der Waals surface area (Å²) in [5.74, 6) is 0.504. The largest absolute Gasteiger partial charge is 0.469 e. The summed E-state index contributed by atoms with van der Waals surface area (Å²) >= 11 is 0. The predicted octanol–water partition coefficient (Wildman–Crippen LogP) is 2.52. The van der Waals surface area contributed by atoms with Crippen LogP contribution in [0, 0.1) is 11.8 Å². The van der Waals surface area contributed by atoms with Crippen LogP contribution in [0.1, 0.15) is 51.9 Å². The van der Waals surface area contributed by atoms with Crippen molar-refractivity contribution in [1.82, 2.24) is 0 Å². The fourth-order valence-corrected chi connectivity index (χ4v) is 2.74. The molecule has 0 aliphatic heterocycles. The van der Waals surface area contributed by atoms with Crippen molar-refractivity contribution in [2.24, 2.45) is 11.8 Å². The van der Waals surface area contributed by atoms with Gasteiger partial charge in [0.05, 0.1) is 13.2 Å². The van der Waals surface area contributed by atoms with Crippen molar-refractivity contribution < 1.29 is 14.6 Å². The first-order valence-electron chi connectivity index (χ1n) is 6.44. The van der Waals surface area contributed by atoms with Crippen LogP contribution >= 0.6 is 0 Å². The maximum absolute atomic E-state index is 11.2. The average molecular weight is 228 g/mol. The van der Waals surface area contributed by atoms with Crippen molar-refractivity contribution in [2.45, 2.75) is 58.0 Å². The molecule has 0 aromatic carbocycles. The lowest BCUT2D eigenvalue weighted by Gasteiger charge is -2.21. The molecule has 1 rings (SSSR count). The quantitative estimate of drug-likeness (QED) is 0.561. The molecule has 1 aliphatic carbocycles. The molecule has 0 heterocycles. The average Bonchev–Trinajstić information content (AvgIpc) is 2.61. The van der Waals surface area contributed by atoms with Crippen LogP contribution in [0.25, 0.3) is 0 Å². The number of methoxy groups -OCH3 is 1. The number of hydrogen-bond donors (Lipinski definition) is 1. The van der Waals surface area contributed by atoms with Crippen LogP contribution in [0.15, 0.2) is 0 Å². The maximum Gasteiger partial charge on any atom is 0.305 e. The van der Waals surface area contributed by atoms with E-state index in [4.69, 9.17) is 4.74 Å². The number of rotatable bonds is 6. The summed E-state index contributed by atoms with van der Waals surface area (Å²) in [6.07, 6.45) is 6.72. The van der Waals surface area contributed by atoms with Gasteiger partial charge in [0.15, 0.2) is 0 Å².